The maximum atomic E-state index is 2.29. The standard InChI is InChI=1S/C11H23.HI.Sn/c1-3-5-7-9-11-10-8-6-4-2;;/h11H,3-10H2,1-2H3;1H;. The van der Waals surface area contributed by atoms with Crippen molar-refractivity contribution in [1.29, 1.82) is 0 Å². The molecule has 0 amide bonds. The molecular formula is C11H24ISn. The molecule has 0 saturated heterocycles. The molecule has 0 unspecified atom stereocenters. The maximum Gasteiger partial charge on any atom is -0.107 e. The molecule has 2 heteroatoms. The van der Waals surface area contributed by atoms with Crippen molar-refractivity contribution in [2.75, 3.05) is 0 Å². The van der Waals surface area contributed by atoms with Gasteiger partial charge < -0.3 is 0 Å². The largest absolute Gasteiger partial charge is 0.107 e. The van der Waals surface area contributed by atoms with Crippen LogP contribution in [0.1, 0.15) is 65.2 Å². The number of unbranched alkanes of at least 4 members (excludes halogenated alkanes) is 4. The molecule has 0 rings (SSSR count). The van der Waals surface area contributed by atoms with Crippen LogP contribution in [0.3, 0.4) is 0 Å². The monoisotopic (exact) mass is 403 g/mol. The van der Waals surface area contributed by atoms with Crippen LogP contribution in [0.2, 0.25) is 3.93 Å². The Morgan fingerprint density at radius 2 is 1.23 bits per heavy atom. The Kier molecular flexibility index (Phi) is 17.6. The summed E-state index contributed by atoms with van der Waals surface area (Å²) >= 11 is 1.77. The molecule has 79 valence electrons. The zero-order valence-corrected chi connectivity index (χ0v) is 14.3. The van der Waals surface area contributed by atoms with Gasteiger partial charge in [0.05, 0.1) is 0 Å². The number of hydrogen-bond donors (Lipinski definition) is 0. The van der Waals surface area contributed by atoms with Crippen LogP contribution in [0.25, 0.3) is 0 Å². The van der Waals surface area contributed by atoms with Crippen LogP contribution < -0.4 is 0 Å². The Morgan fingerprint density at radius 3 is 1.54 bits per heavy atom. The van der Waals surface area contributed by atoms with E-state index in [1.54, 1.807) is 22.5 Å². The number of hydrogen-bond acceptors (Lipinski definition) is 0. The van der Waals surface area contributed by atoms with E-state index < -0.39 is 0 Å². The van der Waals surface area contributed by atoms with E-state index in [-0.39, 0.29) is 24.0 Å². The van der Waals surface area contributed by atoms with Gasteiger partial charge in [0, 0.05) is 0 Å². The minimum Gasteiger partial charge on any atom is -0.107 e. The van der Waals surface area contributed by atoms with Gasteiger partial charge in [0.25, 0.3) is 0 Å². The second kappa shape index (κ2) is 13.5. The Labute approximate surface area is 115 Å². The van der Waals surface area contributed by atoms with Crippen LogP contribution in [0.4, 0.5) is 0 Å². The molecule has 0 saturated carbocycles. The topological polar surface area (TPSA) is 0 Å². The predicted molar refractivity (Wildman–Crippen MR) is 73.2 cm³/mol. The van der Waals surface area contributed by atoms with Crippen LogP contribution in [-0.2, 0) is 0 Å². The first-order valence-electron chi connectivity index (χ1n) is 5.52. The molecule has 0 atom stereocenters. The van der Waals surface area contributed by atoms with Gasteiger partial charge in [-0.3, -0.25) is 0 Å². The van der Waals surface area contributed by atoms with Gasteiger partial charge in [0.15, 0.2) is 0 Å². The third kappa shape index (κ3) is 13.5. The molecule has 0 aliphatic heterocycles. The summed E-state index contributed by atoms with van der Waals surface area (Å²) in [5, 5.41) is 0. The van der Waals surface area contributed by atoms with Crippen molar-refractivity contribution in [1.82, 2.24) is 0 Å². The van der Waals surface area contributed by atoms with Crippen molar-refractivity contribution < 1.29 is 0 Å². The molecule has 13 heavy (non-hydrogen) atoms. The number of rotatable bonds is 8. The molecule has 0 heterocycles. The summed E-state index contributed by atoms with van der Waals surface area (Å²) in [4.78, 5) is 0. The summed E-state index contributed by atoms with van der Waals surface area (Å²) in [6.07, 6.45) is 11.6. The van der Waals surface area contributed by atoms with E-state index >= 15 is 0 Å². The van der Waals surface area contributed by atoms with Gasteiger partial charge in [0.2, 0.25) is 0 Å². The summed E-state index contributed by atoms with van der Waals surface area (Å²) in [6.45, 7) is 4.57. The average Bonchev–Trinajstić information content (AvgIpc) is 2.06. The van der Waals surface area contributed by atoms with Crippen LogP contribution in [-0.4, -0.2) is 22.5 Å². The van der Waals surface area contributed by atoms with Gasteiger partial charge >= 0.3 is 91.7 Å². The van der Waals surface area contributed by atoms with Crippen molar-refractivity contribution in [3.05, 3.63) is 0 Å². The van der Waals surface area contributed by atoms with Gasteiger partial charge in [-0.1, -0.05) is 0 Å². The second-order valence-corrected chi connectivity index (χ2v) is 6.02. The van der Waals surface area contributed by atoms with E-state index in [9.17, 15) is 0 Å². The first kappa shape index (κ1) is 16.9. The van der Waals surface area contributed by atoms with Crippen LogP contribution in [0.15, 0.2) is 0 Å². The molecule has 0 spiro atoms. The second-order valence-electron chi connectivity index (χ2n) is 3.69. The van der Waals surface area contributed by atoms with Crippen LogP contribution in [0.5, 0.6) is 0 Å². The Balaban J connectivity index is 0. The quantitative estimate of drug-likeness (QED) is 0.313. The third-order valence-electron chi connectivity index (χ3n) is 2.31. The average molecular weight is 402 g/mol. The minimum atomic E-state index is 0. The maximum absolute atomic E-state index is 2.29. The van der Waals surface area contributed by atoms with E-state index in [2.05, 4.69) is 13.8 Å². The molecule has 0 aromatic rings. The first-order chi connectivity index (χ1) is 5.81. The first-order valence-corrected chi connectivity index (χ1v) is 7.17. The van der Waals surface area contributed by atoms with Gasteiger partial charge in [-0.2, -0.15) is 0 Å². The van der Waals surface area contributed by atoms with Crippen molar-refractivity contribution in [3.63, 3.8) is 0 Å². The smallest absolute Gasteiger partial charge is 0.107 e. The van der Waals surface area contributed by atoms with E-state index in [0.717, 1.165) is 3.93 Å². The zero-order chi connectivity index (χ0) is 9.23. The van der Waals surface area contributed by atoms with Crippen molar-refractivity contribution in [2.45, 2.75) is 69.1 Å². The molecule has 0 bridgehead atoms. The summed E-state index contributed by atoms with van der Waals surface area (Å²) in [5.41, 5.74) is 0. The molecule has 0 aliphatic carbocycles. The van der Waals surface area contributed by atoms with E-state index in [0.29, 0.717) is 0 Å². The van der Waals surface area contributed by atoms with Gasteiger partial charge in [-0.15, -0.1) is 24.0 Å². The fraction of sp³-hybridized carbons (Fsp3) is 1.00. The Bertz CT molecular complexity index is 76.2. The van der Waals surface area contributed by atoms with Crippen molar-refractivity contribution >= 4 is 46.5 Å². The SMILES string of the molecule is CCCCC[CH]([Sn])CCCCC.I. The van der Waals surface area contributed by atoms with E-state index in [1.165, 1.54) is 51.4 Å². The van der Waals surface area contributed by atoms with E-state index in [4.69, 9.17) is 0 Å². The van der Waals surface area contributed by atoms with Crippen LogP contribution in [0, 0.1) is 0 Å². The molecule has 0 aliphatic rings. The zero-order valence-electron chi connectivity index (χ0n) is 9.14. The minimum absolute atomic E-state index is 0. The molecule has 0 N–H and O–H groups in total. The van der Waals surface area contributed by atoms with Gasteiger partial charge in [-0.25, -0.2) is 0 Å². The summed E-state index contributed by atoms with van der Waals surface area (Å²) in [5.74, 6) is 0. The molecular weight excluding hydrogens is 378 g/mol. The third-order valence-corrected chi connectivity index (χ3v) is 3.96. The van der Waals surface area contributed by atoms with Gasteiger partial charge in [-0.05, 0) is 0 Å². The van der Waals surface area contributed by atoms with Crippen molar-refractivity contribution in [2.24, 2.45) is 0 Å². The predicted octanol–water partition coefficient (Wildman–Crippen LogP) is 4.72. The van der Waals surface area contributed by atoms with E-state index in [1.807, 2.05) is 0 Å². The molecule has 0 aromatic carbocycles. The van der Waals surface area contributed by atoms with Gasteiger partial charge in [0.1, 0.15) is 0 Å². The molecule has 0 fully saturated rings. The fourth-order valence-corrected chi connectivity index (χ4v) is 2.59. The molecule has 3 radical (unpaired) electrons. The summed E-state index contributed by atoms with van der Waals surface area (Å²) in [6, 6.07) is 0. The Morgan fingerprint density at radius 1 is 0.846 bits per heavy atom. The normalized spacial score (nSPS) is 10.2. The van der Waals surface area contributed by atoms with Crippen molar-refractivity contribution in [3.8, 4) is 0 Å². The Hall–Kier alpha value is 1.53. The summed E-state index contributed by atoms with van der Waals surface area (Å²) in [7, 11) is 0. The van der Waals surface area contributed by atoms with Crippen LogP contribution >= 0.6 is 24.0 Å². The summed E-state index contributed by atoms with van der Waals surface area (Å²) < 4.78 is 1.07. The molecule has 0 nitrogen and oxygen atoms in total. The number of halogens is 1. The fourth-order valence-electron chi connectivity index (χ4n) is 1.43. The molecule has 0 aromatic heterocycles.